The third-order valence-corrected chi connectivity index (χ3v) is 6.87. The van der Waals surface area contributed by atoms with Crippen molar-refractivity contribution in [3.05, 3.63) is 107 Å². The lowest BCUT2D eigenvalue weighted by atomic mass is 9.93. The molecule has 3 heterocycles. The van der Waals surface area contributed by atoms with E-state index < -0.39 is 11.9 Å². The van der Waals surface area contributed by atoms with E-state index in [9.17, 15) is 9.59 Å². The molecular formula is C27H24N4O2S. The summed E-state index contributed by atoms with van der Waals surface area (Å²) < 4.78 is 1.89. The standard InChI is InChI=1S/C27H24N4O2S/c28-27(33)23-15-20-9-4-5-10-21(20)18-31(23)25(32)13-12-22-17-30(16-19-7-2-1-3-8-19)29-26(22)24-11-6-14-34-24/h1-14,17,23H,15-16,18H2,(H2,28,33). The average molecular weight is 469 g/mol. The summed E-state index contributed by atoms with van der Waals surface area (Å²) in [6.07, 6.45) is 5.68. The number of fused-ring (bicyclic) bond motifs is 1. The average Bonchev–Trinajstić information content (AvgIpc) is 3.52. The Balaban J connectivity index is 1.42. The van der Waals surface area contributed by atoms with E-state index in [0.29, 0.717) is 19.5 Å². The molecule has 4 aromatic rings. The van der Waals surface area contributed by atoms with Gasteiger partial charge >= 0.3 is 0 Å². The van der Waals surface area contributed by atoms with Crippen molar-refractivity contribution in [3.8, 4) is 10.6 Å². The number of primary amides is 1. The second kappa shape index (κ2) is 9.49. The first-order chi connectivity index (χ1) is 16.6. The summed E-state index contributed by atoms with van der Waals surface area (Å²) in [6.45, 7) is 0.992. The molecule has 0 fully saturated rings. The number of rotatable bonds is 6. The third kappa shape index (κ3) is 4.56. The Hall–Kier alpha value is -3.97. The minimum absolute atomic E-state index is 0.244. The Kier molecular flexibility index (Phi) is 6.10. The van der Waals surface area contributed by atoms with Gasteiger partial charge in [-0.3, -0.25) is 14.3 Å². The van der Waals surface area contributed by atoms with Crippen molar-refractivity contribution in [2.75, 3.05) is 0 Å². The van der Waals surface area contributed by atoms with E-state index in [1.54, 1.807) is 22.3 Å². The lowest BCUT2D eigenvalue weighted by Crippen LogP contribution is -2.50. The molecule has 2 aromatic carbocycles. The van der Waals surface area contributed by atoms with Crippen LogP contribution in [0.15, 0.2) is 84.4 Å². The van der Waals surface area contributed by atoms with Crippen molar-refractivity contribution in [1.29, 1.82) is 0 Å². The largest absolute Gasteiger partial charge is 0.368 e. The number of nitrogens with two attached hydrogens (primary N) is 1. The molecule has 2 aromatic heterocycles. The maximum atomic E-state index is 13.2. The van der Waals surface area contributed by atoms with Crippen LogP contribution in [0.5, 0.6) is 0 Å². The van der Waals surface area contributed by atoms with Crippen molar-refractivity contribution in [2.24, 2.45) is 5.73 Å². The van der Waals surface area contributed by atoms with Gasteiger partial charge in [-0.2, -0.15) is 5.10 Å². The SMILES string of the molecule is NC(=O)C1Cc2ccccc2CN1C(=O)C=Cc1cn(Cc2ccccc2)nc1-c1cccs1. The molecule has 7 heteroatoms. The van der Waals surface area contributed by atoms with Crippen LogP contribution in [0.1, 0.15) is 22.3 Å². The number of benzene rings is 2. The van der Waals surface area contributed by atoms with Gasteiger partial charge in [0.1, 0.15) is 11.7 Å². The summed E-state index contributed by atoms with van der Waals surface area (Å²) in [4.78, 5) is 27.9. The number of hydrogen-bond donors (Lipinski definition) is 1. The predicted molar refractivity (Wildman–Crippen MR) is 134 cm³/mol. The van der Waals surface area contributed by atoms with Crippen molar-refractivity contribution in [2.45, 2.75) is 25.6 Å². The van der Waals surface area contributed by atoms with E-state index >= 15 is 0 Å². The first-order valence-electron chi connectivity index (χ1n) is 11.1. The fraction of sp³-hybridized carbons (Fsp3) is 0.148. The summed E-state index contributed by atoms with van der Waals surface area (Å²) in [6, 6.07) is 21.3. The van der Waals surface area contributed by atoms with E-state index in [0.717, 1.165) is 32.8 Å². The number of carbonyl (C=O) groups excluding carboxylic acids is 2. The molecule has 1 aliphatic rings. The Labute approximate surface area is 201 Å². The minimum Gasteiger partial charge on any atom is -0.368 e. The monoisotopic (exact) mass is 468 g/mol. The third-order valence-electron chi connectivity index (χ3n) is 6.00. The molecular weight excluding hydrogens is 444 g/mol. The maximum Gasteiger partial charge on any atom is 0.247 e. The van der Waals surface area contributed by atoms with Crippen molar-refractivity contribution in [1.82, 2.24) is 14.7 Å². The van der Waals surface area contributed by atoms with Gasteiger partial charge in [0.2, 0.25) is 11.8 Å². The number of amides is 2. The van der Waals surface area contributed by atoms with Crippen LogP contribution in [0, 0.1) is 0 Å². The molecule has 2 N–H and O–H groups in total. The van der Waals surface area contributed by atoms with Gasteiger partial charge < -0.3 is 10.6 Å². The molecule has 0 saturated carbocycles. The van der Waals surface area contributed by atoms with Crippen LogP contribution in [0.2, 0.25) is 0 Å². The smallest absolute Gasteiger partial charge is 0.247 e. The summed E-state index contributed by atoms with van der Waals surface area (Å²) in [5.74, 6) is -0.738. The van der Waals surface area contributed by atoms with Gasteiger partial charge in [0, 0.05) is 30.8 Å². The fourth-order valence-electron chi connectivity index (χ4n) is 4.28. The van der Waals surface area contributed by atoms with E-state index in [1.807, 2.05) is 70.9 Å². The first-order valence-corrected chi connectivity index (χ1v) is 12.0. The van der Waals surface area contributed by atoms with Gasteiger partial charge in [0.05, 0.1) is 11.4 Å². The molecule has 170 valence electrons. The molecule has 5 rings (SSSR count). The van der Waals surface area contributed by atoms with Crippen LogP contribution < -0.4 is 5.73 Å². The molecule has 1 atom stereocenters. The quantitative estimate of drug-likeness (QED) is 0.433. The molecule has 0 aliphatic carbocycles. The van der Waals surface area contributed by atoms with Crippen molar-refractivity contribution >= 4 is 29.2 Å². The highest BCUT2D eigenvalue weighted by Crippen LogP contribution is 2.28. The Bertz CT molecular complexity index is 1340. The summed E-state index contributed by atoms with van der Waals surface area (Å²) in [5, 5.41) is 6.79. The van der Waals surface area contributed by atoms with E-state index in [1.165, 1.54) is 6.08 Å². The van der Waals surface area contributed by atoms with Crippen LogP contribution in [-0.4, -0.2) is 32.5 Å². The lowest BCUT2D eigenvalue weighted by Gasteiger charge is -2.34. The topological polar surface area (TPSA) is 81.2 Å². The zero-order valence-corrected chi connectivity index (χ0v) is 19.3. The zero-order chi connectivity index (χ0) is 23.5. The number of carbonyl (C=O) groups is 2. The Morgan fingerprint density at radius 2 is 1.79 bits per heavy atom. The summed E-state index contributed by atoms with van der Waals surface area (Å²) in [7, 11) is 0. The Morgan fingerprint density at radius 1 is 1.03 bits per heavy atom. The number of hydrogen-bond acceptors (Lipinski definition) is 4. The van der Waals surface area contributed by atoms with E-state index in [4.69, 9.17) is 10.8 Å². The normalized spacial score (nSPS) is 15.4. The van der Waals surface area contributed by atoms with Crippen molar-refractivity contribution < 1.29 is 9.59 Å². The Morgan fingerprint density at radius 3 is 2.53 bits per heavy atom. The van der Waals surface area contributed by atoms with Gasteiger partial charge in [-0.15, -0.1) is 11.3 Å². The molecule has 0 bridgehead atoms. The second-order valence-electron chi connectivity index (χ2n) is 8.28. The molecule has 0 radical (unpaired) electrons. The van der Waals surface area contributed by atoms with Crippen molar-refractivity contribution in [3.63, 3.8) is 0 Å². The summed E-state index contributed by atoms with van der Waals surface area (Å²) in [5.41, 5.74) is 10.6. The zero-order valence-electron chi connectivity index (χ0n) is 18.5. The lowest BCUT2D eigenvalue weighted by molar-refractivity contribution is -0.136. The van der Waals surface area contributed by atoms with Gasteiger partial charge in [0.15, 0.2) is 0 Å². The molecule has 34 heavy (non-hydrogen) atoms. The van der Waals surface area contributed by atoms with Gasteiger partial charge in [0.25, 0.3) is 0 Å². The fourth-order valence-corrected chi connectivity index (χ4v) is 5.01. The molecule has 1 aliphatic heterocycles. The van der Waals surface area contributed by atoms with Crippen LogP contribution in [0.3, 0.4) is 0 Å². The highest BCUT2D eigenvalue weighted by molar-refractivity contribution is 7.13. The molecule has 2 amide bonds. The number of thiophene rings is 1. The van der Waals surface area contributed by atoms with Gasteiger partial charge in [-0.1, -0.05) is 60.7 Å². The molecule has 1 unspecified atom stereocenters. The van der Waals surface area contributed by atoms with Crippen LogP contribution >= 0.6 is 11.3 Å². The van der Waals surface area contributed by atoms with Crippen LogP contribution in [-0.2, 0) is 29.1 Å². The molecule has 6 nitrogen and oxygen atoms in total. The first kappa shape index (κ1) is 21.9. The molecule has 0 saturated heterocycles. The van der Waals surface area contributed by atoms with Gasteiger partial charge in [-0.05, 0) is 34.2 Å². The predicted octanol–water partition coefficient (Wildman–Crippen LogP) is 4.11. The minimum atomic E-state index is -0.662. The number of nitrogens with zero attached hydrogens (tertiary/aromatic N) is 3. The van der Waals surface area contributed by atoms with Crippen LogP contribution in [0.4, 0.5) is 0 Å². The van der Waals surface area contributed by atoms with Crippen LogP contribution in [0.25, 0.3) is 16.6 Å². The highest BCUT2D eigenvalue weighted by atomic mass is 32.1. The summed E-state index contributed by atoms with van der Waals surface area (Å²) >= 11 is 1.60. The highest BCUT2D eigenvalue weighted by Gasteiger charge is 2.32. The second-order valence-corrected chi connectivity index (χ2v) is 9.23. The van der Waals surface area contributed by atoms with Gasteiger partial charge in [-0.25, -0.2) is 0 Å². The molecule has 0 spiro atoms. The maximum absolute atomic E-state index is 13.2. The number of aromatic nitrogens is 2. The van der Waals surface area contributed by atoms with E-state index in [2.05, 4.69) is 12.1 Å². The van der Waals surface area contributed by atoms with E-state index in [-0.39, 0.29) is 5.91 Å².